The predicted octanol–water partition coefficient (Wildman–Crippen LogP) is 15.8. The van der Waals surface area contributed by atoms with Gasteiger partial charge in [-0.1, -0.05) is 36.4 Å². The molecule has 0 unspecified atom stereocenters. The number of rotatable bonds is 15. The van der Waals surface area contributed by atoms with Crippen LogP contribution in [0.2, 0.25) is 0 Å². The number of phenols is 5. The first-order valence-corrected chi connectivity index (χ1v) is 26.4. The van der Waals surface area contributed by atoms with Gasteiger partial charge >= 0.3 is 37.1 Å². The third kappa shape index (κ3) is 13.1. The number of carbonyl (C=O) groups excluding carboxylic acids is 4. The summed E-state index contributed by atoms with van der Waals surface area (Å²) in [6.45, 7) is -0.196. The highest BCUT2D eigenvalue weighted by Gasteiger charge is 2.74. The molecular weight excluding hydrogens is 1320 g/mol. The Labute approximate surface area is 520 Å². The molecule has 0 saturated heterocycles. The minimum Gasteiger partial charge on any atom is -0.506 e. The molecule has 8 aromatic carbocycles. The molecule has 0 spiro atoms. The van der Waals surface area contributed by atoms with E-state index in [1.807, 2.05) is 21.3 Å². The average molecular weight is 1360 g/mol. The van der Waals surface area contributed by atoms with Gasteiger partial charge in [-0.3, -0.25) is 19.2 Å². The summed E-state index contributed by atoms with van der Waals surface area (Å²) in [5.41, 5.74) is -23.7. The molecule has 8 aromatic rings. The molecule has 33 heteroatoms. The lowest BCUT2D eigenvalue weighted by atomic mass is 9.72. The maximum Gasteiger partial charge on any atom is 0.411 e. The summed E-state index contributed by atoms with van der Waals surface area (Å²) >= 11 is 0. The van der Waals surface area contributed by atoms with Crippen molar-refractivity contribution in [2.75, 3.05) is 27.0 Å². The molecular formula is C62H41F18N5O10. The van der Waals surface area contributed by atoms with Crippen LogP contribution in [0.25, 0.3) is 0 Å². The van der Waals surface area contributed by atoms with E-state index in [9.17, 15) is 97.4 Å². The van der Waals surface area contributed by atoms with Gasteiger partial charge in [-0.25, -0.2) is 0 Å². The van der Waals surface area contributed by atoms with Crippen molar-refractivity contribution in [1.82, 2.24) is 0 Å². The monoisotopic (exact) mass is 1360 g/mol. The van der Waals surface area contributed by atoms with E-state index in [2.05, 4.69) is 0 Å². The zero-order valence-corrected chi connectivity index (χ0v) is 47.2. The Balaban J connectivity index is 0.980. The van der Waals surface area contributed by atoms with Crippen LogP contribution in [-0.4, -0.2) is 86.2 Å². The minimum atomic E-state index is -6.40. The van der Waals surface area contributed by atoms with E-state index in [0.29, 0.717) is 54.6 Å². The van der Waals surface area contributed by atoms with E-state index in [0.717, 1.165) is 66.7 Å². The third-order valence-corrected chi connectivity index (χ3v) is 15.0. The molecule has 95 heavy (non-hydrogen) atoms. The number of hydrogen-bond donors (Lipinski definition) is 10. The fourth-order valence-corrected chi connectivity index (χ4v) is 9.86. The summed E-state index contributed by atoms with van der Waals surface area (Å²) in [7, 11) is 0. The summed E-state index contributed by atoms with van der Waals surface area (Å²) < 4.78 is 270. The zero-order chi connectivity index (χ0) is 70.6. The fourth-order valence-electron chi connectivity index (χ4n) is 9.86. The van der Waals surface area contributed by atoms with Crippen molar-refractivity contribution in [3.05, 3.63) is 214 Å². The molecule has 15 nitrogen and oxygen atoms in total. The lowest BCUT2D eigenvalue weighted by molar-refractivity contribution is -0.297. The van der Waals surface area contributed by atoms with Crippen LogP contribution in [0.1, 0.15) is 76.2 Å². The molecule has 0 fully saturated rings. The van der Waals surface area contributed by atoms with Gasteiger partial charge in [0, 0.05) is 22.3 Å². The number of nitrogens with two attached hydrogens (primary N) is 1. The maximum absolute atomic E-state index is 15.5. The molecule has 0 aliphatic rings. The molecule has 500 valence electrons. The van der Waals surface area contributed by atoms with E-state index in [4.69, 9.17) is 10.5 Å². The number of alkyl halides is 18. The highest BCUT2D eigenvalue weighted by Crippen LogP contribution is 2.60. The molecule has 8 rings (SSSR count). The third-order valence-electron chi connectivity index (χ3n) is 15.0. The number of ether oxygens (including phenoxy) is 1. The van der Waals surface area contributed by atoms with E-state index in [-0.39, 0.29) is 72.0 Å². The summed E-state index contributed by atoms with van der Waals surface area (Å²) in [4.78, 5) is 53.5. The number of nitrogens with one attached hydrogen (secondary N) is 4. The Hall–Kier alpha value is -11.0. The van der Waals surface area contributed by atoms with Crippen LogP contribution >= 0.6 is 0 Å². The largest absolute Gasteiger partial charge is 0.506 e. The molecule has 0 bridgehead atoms. The number of phenolic OH excluding ortho intramolecular Hbond substituents is 5. The maximum atomic E-state index is 15.5. The van der Waals surface area contributed by atoms with Crippen LogP contribution in [0.5, 0.6) is 40.2 Å². The van der Waals surface area contributed by atoms with Crippen LogP contribution in [0.15, 0.2) is 164 Å². The molecule has 0 aliphatic carbocycles. The van der Waals surface area contributed by atoms with E-state index in [1.54, 1.807) is 0 Å². The van der Waals surface area contributed by atoms with Crippen LogP contribution in [0.4, 0.5) is 107 Å². The summed E-state index contributed by atoms with van der Waals surface area (Å²) in [5.74, 6) is -10.4. The Kier molecular flexibility index (Phi) is 18.2. The van der Waals surface area contributed by atoms with Gasteiger partial charge in [-0.05, 0) is 162 Å². The number of nitrogen functional groups attached to an aromatic ring is 1. The van der Waals surface area contributed by atoms with Gasteiger partial charge in [0.05, 0.1) is 28.4 Å². The van der Waals surface area contributed by atoms with Crippen molar-refractivity contribution in [3.63, 3.8) is 0 Å². The summed E-state index contributed by atoms with van der Waals surface area (Å²) in [6, 6.07) is 16.5. The lowest BCUT2D eigenvalue weighted by Crippen LogP contribution is -2.54. The normalized spacial score (nSPS) is 12.8. The van der Waals surface area contributed by atoms with Crippen molar-refractivity contribution < 1.29 is 128 Å². The lowest BCUT2D eigenvalue weighted by Gasteiger charge is -2.38. The number of halogens is 18. The molecule has 0 saturated carbocycles. The zero-order valence-electron chi connectivity index (χ0n) is 47.2. The van der Waals surface area contributed by atoms with Crippen molar-refractivity contribution >= 4 is 52.1 Å². The number of carbonyl (C=O) groups is 4. The number of hydrogen-bond acceptors (Lipinski definition) is 11. The summed E-state index contributed by atoms with van der Waals surface area (Å²) in [5, 5.41) is 59.6. The van der Waals surface area contributed by atoms with E-state index < -0.39 is 173 Å². The molecule has 0 atom stereocenters. The van der Waals surface area contributed by atoms with Crippen molar-refractivity contribution in [3.8, 4) is 40.2 Å². The Morgan fingerprint density at radius 3 is 0.874 bits per heavy atom. The van der Waals surface area contributed by atoms with E-state index in [1.165, 1.54) is 0 Å². The van der Waals surface area contributed by atoms with Crippen molar-refractivity contribution in [1.29, 1.82) is 0 Å². The molecule has 11 N–H and O–H groups in total. The first-order chi connectivity index (χ1) is 43.9. The number of benzene rings is 8. The first kappa shape index (κ1) is 69.9. The van der Waals surface area contributed by atoms with E-state index >= 15 is 26.3 Å². The molecule has 4 amide bonds. The summed E-state index contributed by atoms with van der Waals surface area (Å²) in [6.07, 6.45) is -37.0. The van der Waals surface area contributed by atoms with Crippen LogP contribution < -0.4 is 31.7 Å². The van der Waals surface area contributed by atoms with Gasteiger partial charge in [0.15, 0.2) is 5.41 Å². The second-order valence-electron chi connectivity index (χ2n) is 20.9. The second-order valence-corrected chi connectivity index (χ2v) is 20.9. The van der Waals surface area contributed by atoms with Gasteiger partial charge in [0.1, 0.15) is 40.2 Å². The number of amides is 4. The van der Waals surface area contributed by atoms with Gasteiger partial charge in [0.25, 0.3) is 23.6 Å². The van der Waals surface area contributed by atoms with Crippen molar-refractivity contribution in [2.45, 2.75) is 60.2 Å². The number of aromatic hydroxyl groups is 5. The Bertz CT molecular complexity index is 4240. The average Bonchev–Trinajstić information content (AvgIpc) is 0.723. The van der Waals surface area contributed by atoms with Crippen LogP contribution in [0, 0.1) is 0 Å². The van der Waals surface area contributed by atoms with Crippen molar-refractivity contribution in [2.24, 2.45) is 0 Å². The van der Waals surface area contributed by atoms with Gasteiger partial charge in [-0.2, -0.15) is 79.0 Å². The highest BCUT2D eigenvalue weighted by molar-refractivity contribution is 6.10. The van der Waals surface area contributed by atoms with Gasteiger partial charge in [-0.15, -0.1) is 0 Å². The second kappa shape index (κ2) is 24.8. The number of anilines is 5. The molecule has 0 aliphatic heterocycles. The topological polar surface area (TPSA) is 253 Å². The standard InChI is InChI=1S/C62H41F18N5O10/c1-54(57(63,64)65,58(66,67)68)33-9-19-46(87)41(25-33)84-52(93)31-3-2-4-32(23-31)53(94)85-44-28-37(13-22-49(44)90)56(61(75,76)77,62(78,79)80)36-12-21-48(89)43(27-36)83-51(92)30-7-16-39(17-8-30)95-38-14-5-29(6-15-38)50(91)82-42-26-35(11-20-47(42)88)55(59(69,70)71,60(72,73)74)34-10-18-45(86)40(81)24-34/h2-28,86-90H,81H2,1H3,(H,82,91)(H,83,92)(H,84,93)(H,85,94). The van der Waals surface area contributed by atoms with Gasteiger partial charge < -0.3 is 57.3 Å². The van der Waals surface area contributed by atoms with Crippen LogP contribution in [-0.2, 0) is 16.2 Å². The molecule has 0 aromatic heterocycles. The Morgan fingerprint density at radius 1 is 0.326 bits per heavy atom. The Morgan fingerprint density at radius 2 is 0.589 bits per heavy atom. The quantitative estimate of drug-likeness (QED) is 0.0262. The highest BCUT2D eigenvalue weighted by atomic mass is 19.4. The van der Waals surface area contributed by atoms with Crippen LogP contribution in [0.3, 0.4) is 0 Å². The molecule has 0 radical (unpaired) electrons. The van der Waals surface area contributed by atoms with Gasteiger partial charge in [0.2, 0.25) is 10.8 Å². The fraction of sp³-hybridized carbons (Fsp3) is 0.161. The molecule has 0 heterocycles. The predicted molar refractivity (Wildman–Crippen MR) is 301 cm³/mol. The minimum absolute atomic E-state index is 0.0669. The smallest absolute Gasteiger partial charge is 0.411 e. The SMILES string of the molecule is CC(c1ccc(O)c(NC(=O)c2cccc(C(=O)Nc3cc(C(c4ccc(O)c(NC(=O)c5ccc(Oc6ccc(C(=O)Nc7cc(C(c8ccc(O)c(N)c8)(C(F)(F)F)C(F)(F)F)ccc7O)cc6)cc5)c4)(C(F)(F)F)C(F)(F)F)ccc3O)c2)c1)(C(F)(F)F)C(F)(F)F. The first-order valence-electron chi connectivity index (χ1n) is 26.4.